The number of fused-ring (bicyclic) bond motifs is 1. The molecular formula is C7H6N2. The fourth-order valence-electron chi connectivity index (χ4n) is 0.766. The van der Waals surface area contributed by atoms with E-state index in [0.717, 1.165) is 5.52 Å². The highest BCUT2D eigenvalue weighted by Gasteiger charge is 1.88. The first-order valence-electron chi connectivity index (χ1n) is 3.68. The van der Waals surface area contributed by atoms with Crippen molar-refractivity contribution in [1.29, 1.82) is 0 Å². The van der Waals surface area contributed by atoms with E-state index < -0.39 is 0 Å². The van der Waals surface area contributed by atoms with E-state index in [1.54, 1.807) is 12.1 Å². The van der Waals surface area contributed by atoms with Gasteiger partial charge in [0.2, 0.25) is 0 Å². The first-order chi connectivity index (χ1) is 5.29. The van der Waals surface area contributed by atoms with Crippen LogP contribution in [-0.4, -0.2) is 9.97 Å². The molecule has 0 aliphatic heterocycles. The SMILES string of the molecule is [2H]c1ccc2nc[nH]c2c1[2H]. The lowest BCUT2D eigenvalue weighted by Crippen LogP contribution is -1.63. The molecule has 2 rings (SSSR count). The summed E-state index contributed by atoms with van der Waals surface area (Å²) in [7, 11) is 0. The van der Waals surface area contributed by atoms with Gasteiger partial charge in [-0.25, -0.2) is 4.98 Å². The topological polar surface area (TPSA) is 28.7 Å². The lowest BCUT2D eigenvalue weighted by Gasteiger charge is -1.81. The van der Waals surface area contributed by atoms with E-state index in [1.807, 2.05) is 0 Å². The highest BCUT2D eigenvalue weighted by molar-refractivity contribution is 5.73. The third-order valence-electron chi connectivity index (χ3n) is 1.19. The Hall–Kier alpha value is -1.31. The van der Waals surface area contributed by atoms with Crippen molar-refractivity contribution in [1.82, 2.24) is 9.97 Å². The summed E-state index contributed by atoms with van der Waals surface area (Å²) in [6, 6.07) is 3.74. The van der Waals surface area contributed by atoms with Crippen LogP contribution in [0.5, 0.6) is 0 Å². The minimum atomic E-state index is 0.208. The van der Waals surface area contributed by atoms with Crippen molar-refractivity contribution in [3.63, 3.8) is 0 Å². The second-order valence-electron chi connectivity index (χ2n) is 1.77. The maximum Gasteiger partial charge on any atom is 0.0931 e. The molecule has 9 heavy (non-hydrogen) atoms. The van der Waals surface area contributed by atoms with Gasteiger partial charge < -0.3 is 4.98 Å². The number of aromatic amines is 1. The molecule has 1 aromatic carbocycles. The van der Waals surface area contributed by atoms with E-state index in [2.05, 4.69) is 9.97 Å². The van der Waals surface area contributed by atoms with Crippen molar-refractivity contribution >= 4 is 11.0 Å². The van der Waals surface area contributed by atoms with Gasteiger partial charge in [0.25, 0.3) is 0 Å². The van der Waals surface area contributed by atoms with Crippen LogP contribution < -0.4 is 0 Å². The number of hydrogen-bond donors (Lipinski definition) is 1. The van der Waals surface area contributed by atoms with Gasteiger partial charge in [0, 0.05) is 0 Å². The molecule has 1 aromatic heterocycles. The van der Waals surface area contributed by atoms with Crippen LogP contribution >= 0.6 is 0 Å². The molecule has 2 nitrogen and oxygen atoms in total. The molecule has 0 aliphatic carbocycles. The lowest BCUT2D eigenvalue weighted by atomic mass is 10.3. The van der Waals surface area contributed by atoms with Crippen LogP contribution in [0.4, 0.5) is 0 Å². The standard InChI is InChI=1S/C7H6N2/c1-2-4-7-6(3-1)8-5-9-7/h1-5H,(H,8,9)/i1D,3D. The van der Waals surface area contributed by atoms with E-state index in [9.17, 15) is 0 Å². The summed E-state index contributed by atoms with van der Waals surface area (Å²) in [5, 5.41) is 0. The van der Waals surface area contributed by atoms with Crippen LogP contribution in [0.25, 0.3) is 11.0 Å². The first kappa shape index (κ1) is 3.01. The second kappa shape index (κ2) is 1.58. The predicted molar refractivity (Wildman–Crippen MR) is 36.1 cm³/mol. The second-order valence-corrected chi connectivity index (χ2v) is 1.77. The minimum Gasteiger partial charge on any atom is -0.345 e. The third kappa shape index (κ3) is 0.598. The highest BCUT2D eigenvalue weighted by atomic mass is 14.9. The van der Waals surface area contributed by atoms with Gasteiger partial charge in [0.1, 0.15) is 0 Å². The molecule has 44 valence electrons. The summed E-state index contributed by atoms with van der Waals surface area (Å²) in [4.78, 5) is 6.77. The number of rotatable bonds is 0. The Kier molecular flexibility index (Phi) is 0.530. The van der Waals surface area contributed by atoms with Crippen LogP contribution in [0.15, 0.2) is 30.5 Å². The molecule has 0 saturated heterocycles. The zero-order valence-electron chi connectivity index (χ0n) is 6.68. The molecule has 2 heteroatoms. The zero-order chi connectivity index (χ0) is 7.84. The van der Waals surface area contributed by atoms with Crippen molar-refractivity contribution in [3.8, 4) is 0 Å². The van der Waals surface area contributed by atoms with Crippen LogP contribution in [0, 0.1) is 0 Å². The van der Waals surface area contributed by atoms with E-state index in [0.29, 0.717) is 5.52 Å². The van der Waals surface area contributed by atoms with Gasteiger partial charge in [-0.3, -0.25) is 0 Å². The molecule has 0 unspecified atom stereocenters. The van der Waals surface area contributed by atoms with Gasteiger partial charge in [-0.1, -0.05) is 12.1 Å². The number of H-pyrrole nitrogens is 1. The number of nitrogens with zero attached hydrogens (tertiary/aromatic N) is 1. The summed E-state index contributed by atoms with van der Waals surface area (Å²) in [5.74, 6) is 0. The van der Waals surface area contributed by atoms with Gasteiger partial charge in [0.15, 0.2) is 0 Å². The molecule has 0 spiro atoms. The quantitative estimate of drug-likeness (QED) is 0.561. The van der Waals surface area contributed by atoms with E-state index in [1.165, 1.54) is 6.33 Å². The summed E-state index contributed by atoms with van der Waals surface area (Å²) >= 11 is 0. The van der Waals surface area contributed by atoms with Gasteiger partial charge >= 0.3 is 0 Å². The average molecular weight is 120 g/mol. The van der Waals surface area contributed by atoms with Crippen molar-refractivity contribution < 1.29 is 2.74 Å². The first-order valence-corrected chi connectivity index (χ1v) is 2.68. The molecule has 0 radical (unpaired) electrons. The monoisotopic (exact) mass is 120 g/mol. The fraction of sp³-hybridized carbons (Fsp3) is 0. The molecular weight excluding hydrogens is 112 g/mol. The largest absolute Gasteiger partial charge is 0.345 e. The van der Waals surface area contributed by atoms with Crippen LogP contribution in [0.3, 0.4) is 0 Å². The summed E-state index contributed by atoms with van der Waals surface area (Å²) in [5.41, 5.74) is 1.38. The van der Waals surface area contributed by atoms with Crippen molar-refractivity contribution in [3.05, 3.63) is 30.5 Å². The maximum atomic E-state index is 7.45. The molecule has 2 aromatic rings. The van der Waals surface area contributed by atoms with Crippen molar-refractivity contribution in [2.75, 3.05) is 0 Å². The van der Waals surface area contributed by atoms with Gasteiger partial charge in [0.05, 0.1) is 20.1 Å². The number of aromatic nitrogens is 2. The van der Waals surface area contributed by atoms with E-state index >= 15 is 0 Å². The Morgan fingerprint density at radius 3 is 3.67 bits per heavy atom. The molecule has 0 aliphatic rings. The van der Waals surface area contributed by atoms with Crippen molar-refractivity contribution in [2.45, 2.75) is 0 Å². The van der Waals surface area contributed by atoms with Gasteiger partial charge in [-0.05, 0) is 12.1 Å². The van der Waals surface area contributed by atoms with Crippen LogP contribution in [0.2, 0.25) is 0 Å². The maximum absolute atomic E-state index is 7.45. The summed E-state index contributed by atoms with van der Waals surface area (Å²) in [6.45, 7) is 0. The van der Waals surface area contributed by atoms with Gasteiger partial charge in [-0.15, -0.1) is 0 Å². The number of para-hydroxylation sites is 2. The third-order valence-corrected chi connectivity index (χ3v) is 1.19. The molecule has 1 heterocycles. The Morgan fingerprint density at radius 1 is 1.67 bits per heavy atom. The van der Waals surface area contributed by atoms with E-state index in [4.69, 9.17) is 2.74 Å². The Labute approximate surface area is 55.4 Å². The average Bonchev–Trinajstić information content (AvgIpc) is 2.45. The molecule has 0 fully saturated rings. The molecule has 0 atom stereocenters. The molecule has 1 N–H and O–H groups in total. The van der Waals surface area contributed by atoms with Gasteiger partial charge in [-0.2, -0.15) is 0 Å². The Balaban J connectivity index is 2.93. The predicted octanol–water partition coefficient (Wildman–Crippen LogP) is 1.56. The smallest absolute Gasteiger partial charge is 0.0931 e. The summed E-state index contributed by atoms with van der Waals surface area (Å²) in [6.07, 6.45) is 1.53. The molecule has 0 bridgehead atoms. The Bertz CT molecular complexity index is 394. The fourth-order valence-corrected chi connectivity index (χ4v) is 0.766. The summed E-state index contributed by atoms with van der Waals surface area (Å²) < 4.78 is 14.8. The number of hydrogen-bond acceptors (Lipinski definition) is 1. The minimum absolute atomic E-state index is 0.208. The zero-order valence-corrected chi connectivity index (χ0v) is 4.68. The normalized spacial score (nSPS) is 13.3. The van der Waals surface area contributed by atoms with E-state index in [-0.39, 0.29) is 12.1 Å². The number of nitrogens with one attached hydrogen (secondary N) is 1. The van der Waals surface area contributed by atoms with Crippen molar-refractivity contribution in [2.24, 2.45) is 0 Å². The molecule has 0 amide bonds. The lowest BCUT2D eigenvalue weighted by molar-refractivity contribution is 1.34. The van der Waals surface area contributed by atoms with Crippen LogP contribution in [-0.2, 0) is 0 Å². The number of benzene rings is 1. The highest BCUT2D eigenvalue weighted by Crippen LogP contribution is 2.05. The molecule has 0 saturated carbocycles. The Morgan fingerprint density at radius 2 is 2.67 bits per heavy atom. The van der Waals surface area contributed by atoms with Crippen LogP contribution in [0.1, 0.15) is 2.74 Å². The number of imidazole rings is 1.